The van der Waals surface area contributed by atoms with Gasteiger partial charge >= 0.3 is 0 Å². The fourth-order valence-electron chi connectivity index (χ4n) is 5.47. The Hall–Kier alpha value is -3.50. The molecule has 2 aliphatic rings. The van der Waals surface area contributed by atoms with E-state index in [9.17, 15) is 4.39 Å². The van der Waals surface area contributed by atoms with Crippen molar-refractivity contribution in [1.82, 2.24) is 14.9 Å². The molecule has 2 aromatic carbocycles. The van der Waals surface area contributed by atoms with E-state index >= 15 is 0 Å². The van der Waals surface area contributed by atoms with Crippen LogP contribution in [0.5, 0.6) is 0 Å². The van der Waals surface area contributed by atoms with Crippen molar-refractivity contribution < 1.29 is 4.39 Å². The predicted molar refractivity (Wildman–Crippen MR) is 131 cm³/mol. The molecule has 1 N–H and O–H groups in total. The SMILES string of the molecule is Fc1ccc(-c2[nH]cc(C3=C[C@@H]4C[C@H](c5ccccc5)CN4CC3)c2-c2ccncc2)cc1. The van der Waals surface area contributed by atoms with Crippen molar-refractivity contribution in [3.8, 4) is 22.4 Å². The smallest absolute Gasteiger partial charge is 0.123 e. The fraction of sp³-hybridized carbons (Fsp3) is 0.207. The van der Waals surface area contributed by atoms with Gasteiger partial charge in [-0.2, -0.15) is 0 Å². The molecular formula is C29H26FN3. The average molecular weight is 436 g/mol. The first-order valence-electron chi connectivity index (χ1n) is 11.6. The molecule has 2 aromatic heterocycles. The van der Waals surface area contributed by atoms with Gasteiger partial charge in [0.2, 0.25) is 0 Å². The molecule has 1 saturated heterocycles. The molecule has 1 fully saturated rings. The van der Waals surface area contributed by atoms with Crippen LogP contribution in [0.2, 0.25) is 0 Å². The van der Waals surface area contributed by atoms with E-state index in [0.717, 1.165) is 42.8 Å². The molecular weight excluding hydrogens is 409 g/mol. The van der Waals surface area contributed by atoms with E-state index in [1.54, 1.807) is 0 Å². The highest BCUT2D eigenvalue weighted by Gasteiger charge is 2.34. The molecule has 0 saturated carbocycles. The Kier molecular flexibility index (Phi) is 5.16. The lowest BCUT2D eigenvalue weighted by Crippen LogP contribution is -2.32. The van der Waals surface area contributed by atoms with Crippen LogP contribution in [0.15, 0.2) is 91.4 Å². The standard InChI is InChI=1S/C29H26FN3/c30-25-8-6-22(7-9-25)29-28(21-10-13-31-14-11-21)27(18-32-29)23-12-15-33-19-24(17-26(33)16-23)20-4-2-1-3-5-20/h1-11,13-14,16,18,24,26,32H,12,15,17,19H2/t24-,26+/m0/s1. The van der Waals surface area contributed by atoms with Crippen LogP contribution >= 0.6 is 0 Å². The molecule has 164 valence electrons. The van der Waals surface area contributed by atoms with Gasteiger partial charge in [-0.3, -0.25) is 9.88 Å². The summed E-state index contributed by atoms with van der Waals surface area (Å²) in [6.07, 6.45) is 10.5. The molecule has 6 rings (SSSR count). The summed E-state index contributed by atoms with van der Waals surface area (Å²) < 4.78 is 13.6. The first-order chi connectivity index (χ1) is 16.3. The zero-order chi connectivity index (χ0) is 22.2. The van der Waals surface area contributed by atoms with Gasteiger partial charge in [-0.15, -0.1) is 0 Å². The number of benzene rings is 2. The van der Waals surface area contributed by atoms with E-state index in [1.165, 1.54) is 34.4 Å². The molecule has 0 bridgehead atoms. The molecule has 0 radical (unpaired) electrons. The number of hydrogen-bond acceptors (Lipinski definition) is 2. The number of fused-ring (bicyclic) bond motifs is 1. The van der Waals surface area contributed by atoms with Crippen molar-refractivity contribution in [3.63, 3.8) is 0 Å². The van der Waals surface area contributed by atoms with Crippen molar-refractivity contribution in [3.05, 3.63) is 108 Å². The van der Waals surface area contributed by atoms with Crippen molar-refractivity contribution in [2.45, 2.75) is 24.8 Å². The molecule has 0 amide bonds. The highest BCUT2D eigenvalue weighted by Crippen LogP contribution is 2.42. The zero-order valence-corrected chi connectivity index (χ0v) is 18.4. The summed E-state index contributed by atoms with van der Waals surface area (Å²) in [6.45, 7) is 2.20. The number of aromatic amines is 1. The first-order valence-corrected chi connectivity index (χ1v) is 11.6. The summed E-state index contributed by atoms with van der Waals surface area (Å²) in [5.74, 6) is 0.368. The minimum Gasteiger partial charge on any atom is -0.360 e. The Labute approximate surface area is 193 Å². The van der Waals surface area contributed by atoms with Gasteiger partial charge in [0.15, 0.2) is 0 Å². The monoisotopic (exact) mass is 435 g/mol. The van der Waals surface area contributed by atoms with Crippen LogP contribution in [0, 0.1) is 5.82 Å². The number of nitrogens with zero attached hydrogens (tertiary/aromatic N) is 2. The largest absolute Gasteiger partial charge is 0.360 e. The lowest BCUT2D eigenvalue weighted by Gasteiger charge is -2.28. The predicted octanol–water partition coefficient (Wildman–Crippen LogP) is 6.53. The molecule has 4 heterocycles. The number of H-pyrrole nitrogens is 1. The van der Waals surface area contributed by atoms with E-state index in [1.807, 2.05) is 24.5 Å². The van der Waals surface area contributed by atoms with Gasteiger partial charge in [0.1, 0.15) is 5.82 Å². The molecule has 2 aliphatic heterocycles. The second-order valence-corrected chi connectivity index (χ2v) is 9.04. The Bertz CT molecular complexity index is 1280. The maximum Gasteiger partial charge on any atom is 0.123 e. The van der Waals surface area contributed by atoms with E-state index in [0.29, 0.717) is 12.0 Å². The third kappa shape index (κ3) is 3.81. The van der Waals surface area contributed by atoms with Crippen molar-refractivity contribution in [2.75, 3.05) is 13.1 Å². The van der Waals surface area contributed by atoms with Crippen LogP contribution in [0.3, 0.4) is 0 Å². The molecule has 4 aromatic rings. The highest BCUT2D eigenvalue weighted by molar-refractivity contribution is 5.91. The van der Waals surface area contributed by atoms with Gasteiger partial charge in [0.25, 0.3) is 0 Å². The van der Waals surface area contributed by atoms with Crippen LogP contribution in [0.1, 0.15) is 29.9 Å². The molecule has 4 heteroatoms. The van der Waals surface area contributed by atoms with Crippen molar-refractivity contribution in [2.24, 2.45) is 0 Å². The lowest BCUT2D eigenvalue weighted by atomic mass is 9.90. The highest BCUT2D eigenvalue weighted by atomic mass is 19.1. The topological polar surface area (TPSA) is 31.9 Å². The van der Waals surface area contributed by atoms with E-state index in [4.69, 9.17) is 0 Å². The van der Waals surface area contributed by atoms with Crippen molar-refractivity contribution >= 4 is 5.57 Å². The number of nitrogens with one attached hydrogen (secondary N) is 1. The molecule has 33 heavy (non-hydrogen) atoms. The van der Waals surface area contributed by atoms with Gasteiger partial charge in [0, 0.05) is 48.8 Å². The first kappa shape index (κ1) is 20.1. The van der Waals surface area contributed by atoms with Crippen LogP contribution in [-0.4, -0.2) is 34.0 Å². The summed E-state index contributed by atoms with van der Waals surface area (Å²) in [5, 5.41) is 0. The van der Waals surface area contributed by atoms with Crippen LogP contribution < -0.4 is 0 Å². The zero-order valence-electron chi connectivity index (χ0n) is 18.4. The van der Waals surface area contributed by atoms with Crippen LogP contribution in [0.4, 0.5) is 4.39 Å². The van der Waals surface area contributed by atoms with Gasteiger partial charge in [0.05, 0.1) is 5.69 Å². The molecule has 0 unspecified atom stereocenters. The third-order valence-electron chi connectivity index (χ3n) is 7.11. The number of pyridine rings is 1. The number of rotatable bonds is 4. The Balaban J connectivity index is 1.38. The van der Waals surface area contributed by atoms with Crippen molar-refractivity contribution in [1.29, 1.82) is 0 Å². The Morgan fingerprint density at radius 3 is 2.48 bits per heavy atom. The van der Waals surface area contributed by atoms with Gasteiger partial charge in [-0.05, 0) is 77.4 Å². The fourth-order valence-corrected chi connectivity index (χ4v) is 5.47. The minimum atomic E-state index is -0.222. The van der Waals surface area contributed by atoms with Gasteiger partial charge < -0.3 is 4.98 Å². The Morgan fingerprint density at radius 2 is 1.70 bits per heavy atom. The summed E-state index contributed by atoms with van der Waals surface area (Å²) in [4.78, 5) is 10.3. The lowest BCUT2D eigenvalue weighted by molar-refractivity contribution is 0.286. The van der Waals surface area contributed by atoms with Gasteiger partial charge in [-0.25, -0.2) is 4.39 Å². The number of hydrogen-bond donors (Lipinski definition) is 1. The Morgan fingerprint density at radius 1 is 0.909 bits per heavy atom. The maximum atomic E-state index is 13.6. The maximum absolute atomic E-state index is 13.6. The summed E-state index contributed by atoms with van der Waals surface area (Å²) in [7, 11) is 0. The quantitative estimate of drug-likeness (QED) is 0.395. The minimum absolute atomic E-state index is 0.222. The molecule has 3 nitrogen and oxygen atoms in total. The van der Waals surface area contributed by atoms with E-state index in [2.05, 4.69) is 69.6 Å². The molecule has 2 atom stereocenters. The van der Waals surface area contributed by atoms with Crippen LogP contribution in [0.25, 0.3) is 28.0 Å². The second-order valence-electron chi connectivity index (χ2n) is 9.04. The third-order valence-corrected chi connectivity index (χ3v) is 7.11. The summed E-state index contributed by atoms with van der Waals surface area (Å²) >= 11 is 0. The van der Waals surface area contributed by atoms with Crippen LogP contribution in [-0.2, 0) is 0 Å². The summed E-state index contributed by atoms with van der Waals surface area (Å²) in [6, 6.07) is 22.2. The molecule has 0 aliphatic carbocycles. The van der Waals surface area contributed by atoms with Gasteiger partial charge in [-0.1, -0.05) is 36.4 Å². The van der Waals surface area contributed by atoms with E-state index < -0.39 is 0 Å². The second kappa shape index (κ2) is 8.45. The summed E-state index contributed by atoms with van der Waals surface area (Å²) in [5.41, 5.74) is 8.37. The number of halogens is 1. The normalized spacial score (nSPS) is 20.5. The van der Waals surface area contributed by atoms with E-state index in [-0.39, 0.29) is 5.82 Å². The average Bonchev–Trinajstić information content (AvgIpc) is 3.50. The number of aromatic nitrogens is 2. The molecule has 0 spiro atoms.